The quantitative estimate of drug-likeness (QED) is 0.320. The van der Waals surface area contributed by atoms with Gasteiger partial charge in [-0.1, -0.05) is 47.5 Å². The summed E-state index contributed by atoms with van der Waals surface area (Å²) in [5.41, 5.74) is 1.60. The lowest BCUT2D eigenvalue weighted by molar-refractivity contribution is -0.112. The first-order valence-corrected chi connectivity index (χ1v) is 11.0. The van der Waals surface area contributed by atoms with Crippen molar-refractivity contribution in [1.82, 2.24) is 4.98 Å². The zero-order valence-electron chi connectivity index (χ0n) is 16.9. The van der Waals surface area contributed by atoms with Gasteiger partial charge < -0.3 is 4.74 Å². The van der Waals surface area contributed by atoms with Gasteiger partial charge in [-0.15, -0.1) is 11.3 Å². The number of anilines is 1. The predicted molar refractivity (Wildman–Crippen MR) is 126 cm³/mol. The lowest BCUT2D eigenvalue weighted by Crippen LogP contribution is -2.13. The third kappa shape index (κ3) is 6.31. The van der Waals surface area contributed by atoms with Crippen LogP contribution in [-0.4, -0.2) is 17.0 Å². The van der Waals surface area contributed by atoms with Gasteiger partial charge in [0.2, 0.25) is 0 Å². The molecule has 0 unspecified atom stereocenters. The first kappa shape index (κ1) is 22.8. The van der Waals surface area contributed by atoms with Crippen LogP contribution in [0, 0.1) is 11.3 Å². The van der Waals surface area contributed by atoms with Crippen molar-refractivity contribution in [3.63, 3.8) is 0 Å². The van der Waals surface area contributed by atoms with Crippen molar-refractivity contribution in [3.05, 3.63) is 80.3 Å². The van der Waals surface area contributed by atoms with Crippen LogP contribution in [0.1, 0.15) is 29.9 Å². The van der Waals surface area contributed by atoms with E-state index in [1.165, 1.54) is 17.4 Å². The fourth-order valence-corrected chi connectivity index (χ4v) is 3.89. The summed E-state index contributed by atoms with van der Waals surface area (Å²) in [6.07, 6.45) is 3.77. The molecule has 31 heavy (non-hydrogen) atoms. The Balaban J connectivity index is 1.73. The number of nitrogens with zero attached hydrogens (tertiary/aromatic N) is 2. The number of nitriles is 1. The first-order chi connectivity index (χ1) is 14.9. The second-order valence-electron chi connectivity index (χ2n) is 6.89. The smallest absolute Gasteiger partial charge is 0.268 e. The maximum Gasteiger partial charge on any atom is 0.268 e. The second kappa shape index (κ2) is 10.5. The van der Waals surface area contributed by atoms with Crippen LogP contribution < -0.4 is 10.1 Å². The van der Waals surface area contributed by atoms with Gasteiger partial charge in [0, 0.05) is 23.1 Å². The van der Waals surface area contributed by atoms with Crippen LogP contribution in [-0.2, 0) is 11.2 Å². The number of benzene rings is 2. The fraction of sp³-hybridized carbons (Fsp3) is 0.174. The van der Waals surface area contributed by atoms with Gasteiger partial charge in [-0.2, -0.15) is 5.26 Å². The van der Waals surface area contributed by atoms with E-state index in [-0.39, 0.29) is 11.7 Å². The molecule has 0 atom stereocenters. The summed E-state index contributed by atoms with van der Waals surface area (Å²) >= 11 is 13.3. The molecule has 0 saturated carbocycles. The molecule has 5 nitrogen and oxygen atoms in total. The summed E-state index contributed by atoms with van der Waals surface area (Å²) in [6.45, 7) is 3.83. The Hall–Kier alpha value is -2.85. The number of rotatable bonds is 7. The molecule has 158 valence electrons. The molecule has 0 radical (unpaired) electrons. The van der Waals surface area contributed by atoms with Crippen molar-refractivity contribution < 1.29 is 9.53 Å². The summed E-state index contributed by atoms with van der Waals surface area (Å²) in [5.74, 6) is 0.0773. The molecule has 0 spiro atoms. The summed E-state index contributed by atoms with van der Waals surface area (Å²) < 4.78 is 5.75. The Morgan fingerprint density at radius 3 is 2.74 bits per heavy atom. The molecule has 3 aromatic rings. The fourth-order valence-electron chi connectivity index (χ4n) is 2.73. The third-order valence-electron chi connectivity index (χ3n) is 4.08. The average Bonchev–Trinajstić information content (AvgIpc) is 3.16. The highest BCUT2D eigenvalue weighted by Gasteiger charge is 2.14. The molecule has 0 aliphatic carbocycles. The van der Waals surface area contributed by atoms with E-state index in [9.17, 15) is 10.1 Å². The Kier molecular flexibility index (Phi) is 7.69. The molecule has 1 amide bonds. The van der Waals surface area contributed by atoms with Crippen LogP contribution in [0.3, 0.4) is 0 Å². The molecule has 3 rings (SSSR count). The van der Waals surface area contributed by atoms with Crippen molar-refractivity contribution >= 4 is 51.7 Å². The van der Waals surface area contributed by atoms with Gasteiger partial charge in [0.25, 0.3) is 5.91 Å². The molecular formula is C23H19Cl2N3O2S. The van der Waals surface area contributed by atoms with Gasteiger partial charge in [-0.05, 0) is 43.7 Å². The number of carbonyl (C=O) groups excluding carboxylic acids is 1. The van der Waals surface area contributed by atoms with Gasteiger partial charge >= 0.3 is 0 Å². The van der Waals surface area contributed by atoms with Crippen LogP contribution in [0.4, 0.5) is 5.13 Å². The summed E-state index contributed by atoms with van der Waals surface area (Å²) in [4.78, 5) is 17.8. The Morgan fingerprint density at radius 1 is 1.26 bits per heavy atom. The number of aromatic nitrogens is 1. The molecule has 1 heterocycles. The van der Waals surface area contributed by atoms with Gasteiger partial charge in [-0.3, -0.25) is 10.1 Å². The number of halogens is 2. The Bertz CT molecular complexity index is 1170. The lowest BCUT2D eigenvalue weighted by Gasteiger charge is -2.12. The number of thiazole rings is 1. The van der Waals surface area contributed by atoms with Gasteiger partial charge in [0.05, 0.1) is 16.1 Å². The number of para-hydroxylation sites is 1. The van der Waals surface area contributed by atoms with E-state index < -0.39 is 5.91 Å². The lowest BCUT2D eigenvalue weighted by atomic mass is 10.1. The maximum atomic E-state index is 12.6. The van der Waals surface area contributed by atoms with E-state index in [0.717, 1.165) is 10.4 Å². The third-order valence-corrected chi connectivity index (χ3v) is 5.73. The first-order valence-electron chi connectivity index (χ1n) is 9.43. The Labute approximate surface area is 194 Å². The molecule has 1 N–H and O–H groups in total. The standard InChI is InChI=1S/C23H19Cl2N3O2S/c1-14(2)30-21-6-4-3-5-16(21)11-17(12-26)22(29)28-23-27-13-18(31-23)9-15-7-8-19(24)20(25)10-15/h3-8,10-11,13-14H,9H2,1-2H3,(H,27,28,29)/b17-11+. The summed E-state index contributed by atoms with van der Waals surface area (Å²) in [5, 5.41) is 13.6. The zero-order chi connectivity index (χ0) is 22.4. The average molecular weight is 472 g/mol. The van der Waals surface area contributed by atoms with Crippen molar-refractivity contribution in [2.75, 3.05) is 5.32 Å². The van der Waals surface area contributed by atoms with Crippen LogP contribution in [0.15, 0.2) is 54.2 Å². The molecular weight excluding hydrogens is 453 g/mol. The highest BCUT2D eigenvalue weighted by molar-refractivity contribution is 7.15. The van der Waals surface area contributed by atoms with Crippen molar-refractivity contribution in [1.29, 1.82) is 5.26 Å². The van der Waals surface area contributed by atoms with Gasteiger partial charge in [0.15, 0.2) is 5.13 Å². The van der Waals surface area contributed by atoms with Crippen molar-refractivity contribution in [2.24, 2.45) is 0 Å². The van der Waals surface area contributed by atoms with E-state index >= 15 is 0 Å². The van der Waals surface area contributed by atoms with E-state index in [2.05, 4.69) is 10.3 Å². The number of nitrogens with one attached hydrogen (secondary N) is 1. The molecule has 0 bridgehead atoms. The topological polar surface area (TPSA) is 75.0 Å². The van der Waals surface area contributed by atoms with Crippen LogP contribution in [0.2, 0.25) is 10.0 Å². The van der Waals surface area contributed by atoms with E-state index in [1.54, 1.807) is 30.5 Å². The van der Waals surface area contributed by atoms with Crippen LogP contribution in [0.25, 0.3) is 6.08 Å². The summed E-state index contributed by atoms with van der Waals surface area (Å²) in [6, 6.07) is 14.6. The number of hydrogen-bond donors (Lipinski definition) is 1. The molecule has 0 saturated heterocycles. The normalized spacial score (nSPS) is 11.3. The highest BCUT2D eigenvalue weighted by atomic mass is 35.5. The maximum absolute atomic E-state index is 12.6. The molecule has 0 aliphatic heterocycles. The second-order valence-corrected chi connectivity index (χ2v) is 8.81. The minimum atomic E-state index is -0.530. The monoisotopic (exact) mass is 471 g/mol. The van der Waals surface area contributed by atoms with E-state index in [4.69, 9.17) is 27.9 Å². The van der Waals surface area contributed by atoms with Gasteiger partial charge in [0.1, 0.15) is 17.4 Å². The zero-order valence-corrected chi connectivity index (χ0v) is 19.2. The highest BCUT2D eigenvalue weighted by Crippen LogP contribution is 2.27. The van der Waals surface area contributed by atoms with Crippen LogP contribution >= 0.6 is 34.5 Å². The molecule has 1 aromatic heterocycles. The molecule has 8 heteroatoms. The largest absolute Gasteiger partial charge is 0.490 e. The number of amides is 1. The molecule has 2 aromatic carbocycles. The van der Waals surface area contributed by atoms with E-state index in [1.807, 2.05) is 38.1 Å². The number of carbonyl (C=O) groups is 1. The predicted octanol–water partition coefficient (Wildman–Crippen LogP) is 6.37. The molecule has 0 aliphatic rings. The van der Waals surface area contributed by atoms with Crippen LogP contribution in [0.5, 0.6) is 5.75 Å². The van der Waals surface area contributed by atoms with Crippen molar-refractivity contribution in [3.8, 4) is 11.8 Å². The molecule has 0 fully saturated rings. The minimum absolute atomic E-state index is 0.0295. The minimum Gasteiger partial charge on any atom is -0.490 e. The number of hydrogen-bond acceptors (Lipinski definition) is 5. The SMILES string of the molecule is CC(C)Oc1ccccc1/C=C(\C#N)C(=O)Nc1ncc(Cc2ccc(Cl)c(Cl)c2)s1. The Morgan fingerprint density at radius 2 is 2.03 bits per heavy atom. The van der Waals surface area contributed by atoms with Gasteiger partial charge in [-0.25, -0.2) is 4.98 Å². The van der Waals surface area contributed by atoms with E-state index in [0.29, 0.717) is 32.9 Å². The summed E-state index contributed by atoms with van der Waals surface area (Å²) in [7, 11) is 0. The van der Waals surface area contributed by atoms with Crippen molar-refractivity contribution in [2.45, 2.75) is 26.4 Å². The number of ether oxygens (including phenoxy) is 1.